The number of nitrogens with one attached hydrogen (secondary N) is 1. The van der Waals surface area contributed by atoms with Crippen molar-refractivity contribution < 1.29 is 4.79 Å². The fourth-order valence-corrected chi connectivity index (χ4v) is 2.66. The Morgan fingerprint density at radius 2 is 2.14 bits per heavy atom. The van der Waals surface area contributed by atoms with Crippen LogP contribution in [0.2, 0.25) is 0 Å². The Labute approximate surface area is 139 Å². The fourth-order valence-electron chi connectivity index (χ4n) is 2.19. The predicted molar refractivity (Wildman–Crippen MR) is 88.5 cm³/mol. The Morgan fingerprint density at radius 3 is 2.68 bits per heavy atom. The normalized spacial score (nSPS) is 13.1. The number of nitrogens with zero attached hydrogens (tertiary/aromatic N) is 4. The van der Waals surface area contributed by atoms with Crippen molar-refractivity contribution in [3.05, 3.63) is 34.8 Å². The summed E-state index contributed by atoms with van der Waals surface area (Å²) in [5, 5.41) is 11.5. The first-order chi connectivity index (χ1) is 10.3. The quantitative estimate of drug-likeness (QED) is 0.883. The number of carbonyl (C=O) groups excluding carboxylic acids is 1. The molecule has 7 heteroatoms. The van der Waals surface area contributed by atoms with Gasteiger partial charge in [-0.1, -0.05) is 20.8 Å². The van der Waals surface area contributed by atoms with Crippen LogP contribution in [0, 0.1) is 5.41 Å². The molecule has 0 radical (unpaired) electrons. The first-order valence-corrected chi connectivity index (χ1v) is 8.11. The predicted octanol–water partition coefficient (Wildman–Crippen LogP) is 2.71. The molecule has 1 atom stereocenters. The summed E-state index contributed by atoms with van der Waals surface area (Å²) in [6.07, 6.45) is 5.29. The van der Waals surface area contributed by atoms with Crippen LogP contribution in [0.15, 0.2) is 29.1 Å². The summed E-state index contributed by atoms with van der Waals surface area (Å²) in [5.41, 5.74) is 0.461. The van der Waals surface area contributed by atoms with E-state index in [1.807, 2.05) is 23.9 Å². The van der Waals surface area contributed by atoms with E-state index >= 15 is 0 Å². The third-order valence-electron chi connectivity index (χ3n) is 3.59. The van der Waals surface area contributed by atoms with Gasteiger partial charge < -0.3 is 5.32 Å². The molecule has 0 fully saturated rings. The second kappa shape index (κ2) is 6.64. The van der Waals surface area contributed by atoms with Crippen LogP contribution in [0.4, 0.5) is 0 Å². The molecule has 2 aromatic rings. The average Bonchev–Trinajstić information content (AvgIpc) is 3.05. The number of hydrogen-bond acceptors (Lipinski definition) is 3. The molecule has 2 heterocycles. The molecule has 120 valence electrons. The van der Waals surface area contributed by atoms with Crippen LogP contribution >= 0.6 is 15.9 Å². The SMILES string of the molecule is CCn1ncc(Br)c1C(=O)N[C@@H](Cn1cccn1)C(C)(C)C. The molecule has 1 amide bonds. The van der Waals surface area contributed by atoms with Crippen LogP contribution in [0.25, 0.3) is 0 Å². The third-order valence-corrected chi connectivity index (χ3v) is 4.17. The zero-order valence-corrected chi connectivity index (χ0v) is 15.0. The van der Waals surface area contributed by atoms with Gasteiger partial charge in [-0.05, 0) is 34.3 Å². The lowest BCUT2D eigenvalue weighted by molar-refractivity contribution is 0.0878. The number of aryl methyl sites for hydroxylation is 1. The van der Waals surface area contributed by atoms with Crippen molar-refractivity contribution in [1.29, 1.82) is 0 Å². The zero-order chi connectivity index (χ0) is 16.3. The smallest absolute Gasteiger partial charge is 0.271 e. The van der Waals surface area contributed by atoms with Crippen molar-refractivity contribution in [2.24, 2.45) is 5.41 Å². The van der Waals surface area contributed by atoms with Crippen molar-refractivity contribution in [2.45, 2.75) is 46.8 Å². The number of rotatable bonds is 5. The van der Waals surface area contributed by atoms with Gasteiger partial charge in [0, 0.05) is 18.9 Å². The van der Waals surface area contributed by atoms with Crippen LogP contribution in [-0.2, 0) is 13.1 Å². The molecule has 0 aromatic carbocycles. The van der Waals surface area contributed by atoms with Gasteiger partial charge in [0.05, 0.1) is 23.3 Å². The maximum Gasteiger partial charge on any atom is 0.271 e. The highest BCUT2D eigenvalue weighted by Crippen LogP contribution is 2.22. The maximum atomic E-state index is 12.7. The molecule has 0 saturated heterocycles. The molecule has 6 nitrogen and oxygen atoms in total. The molecular formula is C15H22BrN5O. The van der Waals surface area contributed by atoms with Gasteiger partial charge in [-0.3, -0.25) is 14.2 Å². The van der Waals surface area contributed by atoms with Gasteiger partial charge in [0.15, 0.2) is 0 Å². The summed E-state index contributed by atoms with van der Waals surface area (Å²) in [4.78, 5) is 12.7. The Kier molecular flexibility index (Phi) is 5.05. The van der Waals surface area contributed by atoms with Crippen LogP contribution < -0.4 is 5.32 Å². The van der Waals surface area contributed by atoms with Gasteiger partial charge >= 0.3 is 0 Å². The summed E-state index contributed by atoms with van der Waals surface area (Å²) in [6.45, 7) is 9.55. The monoisotopic (exact) mass is 367 g/mol. The highest BCUT2D eigenvalue weighted by molar-refractivity contribution is 9.10. The van der Waals surface area contributed by atoms with Crippen molar-refractivity contribution in [3.8, 4) is 0 Å². The minimum atomic E-state index is -0.127. The average molecular weight is 368 g/mol. The largest absolute Gasteiger partial charge is 0.346 e. The van der Waals surface area contributed by atoms with E-state index < -0.39 is 0 Å². The van der Waals surface area contributed by atoms with Gasteiger partial charge in [0.25, 0.3) is 5.91 Å². The lowest BCUT2D eigenvalue weighted by Gasteiger charge is -2.31. The van der Waals surface area contributed by atoms with Crippen molar-refractivity contribution in [1.82, 2.24) is 24.9 Å². The summed E-state index contributed by atoms with van der Waals surface area (Å²) in [5.74, 6) is -0.127. The molecule has 0 aliphatic rings. The first kappa shape index (κ1) is 16.7. The molecule has 0 unspecified atom stereocenters. The minimum Gasteiger partial charge on any atom is -0.346 e. The summed E-state index contributed by atoms with van der Waals surface area (Å²) < 4.78 is 4.23. The van der Waals surface area contributed by atoms with E-state index in [2.05, 4.69) is 52.2 Å². The van der Waals surface area contributed by atoms with E-state index in [9.17, 15) is 4.79 Å². The molecule has 2 aromatic heterocycles. The number of hydrogen-bond donors (Lipinski definition) is 1. The number of halogens is 1. The second-order valence-electron chi connectivity index (χ2n) is 6.28. The molecule has 0 spiro atoms. The summed E-state index contributed by atoms with van der Waals surface area (Å²) in [7, 11) is 0. The van der Waals surface area contributed by atoms with Gasteiger partial charge in [0.1, 0.15) is 5.69 Å². The molecule has 1 N–H and O–H groups in total. The lowest BCUT2D eigenvalue weighted by Crippen LogP contribution is -2.47. The van der Waals surface area contributed by atoms with Crippen molar-refractivity contribution in [3.63, 3.8) is 0 Å². The number of amides is 1. The lowest BCUT2D eigenvalue weighted by atomic mass is 9.86. The van der Waals surface area contributed by atoms with Gasteiger partial charge in [-0.2, -0.15) is 10.2 Å². The molecule has 0 bridgehead atoms. The Bertz CT molecular complexity index is 627. The fraction of sp³-hybridized carbons (Fsp3) is 0.533. The van der Waals surface area contributed by atoms with Gasteiger partial charge in [0.2, 0.25) is 0 Å². The topological polar surface area (TPSA) is 64.7 Å². The minimum absolute atomic E-state index is 0.0491. The molecule has 22 heavy (non-hydrogen) atoms. The van der Waals surface area contributed by atoms with Gasteiger partial charge in [-0.15, -0.1) is 0 Å². The highest BCUT2D eigenvalue weighted by Gasteiger charge is 2.29. The molecular weight excluding hydrogens is 346 g/mol. The summed E-state index contributed by atoms with van der Waals surface area (Å²) >= 11 is 3.40. The van der Waals surface area contributed by atoms with Crippen molar-refractivity contribution in [2.75, 3.05) is 0 Å². The van der Waals surface area contributed by atoms with E-state index in [4.69, 9.17) is 0 Å². The van der Waals surface area contributed by atoms with Crippen LogP contribution in [0.1, 0.15) is 38.2 Å². The van der Waals surface area contributed by atoms with E-state index in [1.165, 1.54) is 0 Å². The highest BCUT2D eigenvalue weighted by atomic mass is 79.9. The zero-order valence-electron chi connectivity index (χ0n) is 13.4. The molecule has 0 aliphatic carbocycles. The first-order valence-electron chi connectivity index (χ1n) is 7.32. The Balaban J connectivity index is 2.19. The van der Waals surface area contributed by atoms with Crippen LogP contribution in [-0.4, -0.2) is 31.5 Å². The summed E-state index contributed by atoms with van der Waals surface area (Å²) in [6, 6.07) is 1.83. The number of aromatic nitrogens is 4. The standard InChI is InChI=1S/C15H22BrN5O/c1-5-21-13(11(16)9-18-21)14(22)19-12(15(2,3)4)10-20-8-6-7-17-20/h6-9,12H,5,10H2,1-4H3,(H,19,22)/t12-/m0/s1. The van der Waals surface area contributed by atoms with E-state index in [0.29, 0.717) is 23.3 Å². The third kappa shape index (κ3) is 3.76. The van der Waals surface area contributed by atoms with Crippen LogP contribution in [0.3, 0.4) is 0 Å². The van der Waals surface area contributed by atoms with Crippen LogP contribution in [0.5, 0.6) is 0 Å². The maximum absolute atomic E-state index is 12.7. The Hall–Kier alpha value is -1.63. The molecule has 0 aliphatic heterocycles. The Morgan fingerprint density at radius 1 is 1.41 bits per heavy atom. The van der Waals surface area contributed by atoms with Gasteiger partial charge in [-0.25, -0.2) is 0 Å². The van der Waals surface area contributed by atoms with E-state index in [-0.39, 0.29) is 17.4 Å². The van der Waals surface area contributed by atoms with E-state index in [1.54, 1.807) is 17.1 Å². The molecule has 0 saturated carbocycles. The molecule has 2 rings (SSSR count). The van der Waals surface area contributed by atoms with E-state index in [0.717, 1.165) is 0 Å². The number of carbonyl (C=O) groups is 1. The van der Waals surface area contributed by atoms with Crippen molar-refractivity contribution >= 4 is 21.8 Å². The second-order valence-corrected chi connectivity index (χ2v) is 7.13.